The van der Waals surface area contributed by atoms with Gasteiger partial charge in [0.25, 0.3) is 0 Å². The average Bonchev–Trinajstić information content (AvgIpc) is 2.01. The third kappa shape index (κ3) is 3.32. The van der Waals surface area contributed by atoms with Crippen LogP contribution in [0.1, 0.15) is 20.3 Å². The molecule has 1 saturated heterocycles. The molecule has 0 aromatic heterocycles. The van der Waals surface area contributed by atoms with Crippen LogP contribution in [0.25, 0.3) is 0 Å². The Balaban J connectivity index is 2.11. The summed E-state index contributed by atoms with van der Waals surface area (Å²) in [5.74, 6) is 0.112. The summed E-state index contributed by atoms with van der Waals surface area (Å²) in [6, 6.07) is 0.554. The van der Waals surface area contributed by atoms with Crippen LogP contribution in [-0.2, 0) is 4.79 Å². The van der Waals surface area contributed by atoms with Gasteiger partial charge in [0.2, 0.25) is 5.91 Å². The molecular formula is C9H19N3O. The van der Waals surface area contributed by atoms with Gasteiger partial charge in [-0.2, -0.15) is 0 Å². The molecule has 4 nitrogen and oxygen atoms in total. The van der Waals surface area contributed by atoms with Gasteiger partial charge in [0.15, 0.2) is 0 Å². The number of nitrogens with two attached hydrogens (primary N) is 1. The summed E-state index contributed by atoms with van der Waals surface area (Å²) in [6.45, 7) is 6.28. The molecular weight excluding hydrogens is 166 g/mol. The molecule has 0 aliphatic carbocycles. The number of hydrogen-bond donors (Lipinski definition) is 2. The molecule has 1 rings (SSSR count). The zero-order valence-corrected chi connectivity index (χ0v) is 8.42. The van der Waals surface area contributed by atoms with Crippen LogP contribution in [0.3, 0.4) is 0 Å². The highest BCUT2D eigenvalue weighted by Crippen LogP contribution is 2.03. The molecule has 0 aromatic carbocycles. The Morgan fingerprint density at radius 2 is 2.31 bits per heavy atom. The van der Waals surface area contributed by atoms with Crippen LogP contribution in [0, 0.1) is 0 Å². The molecule has 0 saturated carbocycles. The summed E-state index contributed by atoms with van der Waals surface area (Å²) in [5.41, 5.74) is 5.60. The Hall–Kier alpha value is -0.610. The van der Waals surface area contributed by atoms with Gasteiger partial charge in [-0.25, -0.2) is 0 Å². The van der Waals surface area contributed by atoms with E-state index in [0.29, 0.717) is 6.54 Å². The monoisotopic (exact) mass is 185 g/mol. The lowest BCUT2D eigenvalue weighted by Crippen LogP contribution is -2.58. The molecule has 1 aliphatic heterocycles. The van der Waals surface area contributed by atoms with Crippen molar-refractivity contribution >= 4 is 5.91 Å². The van der Waals surface area contributed by atoms with Gasteiger partial charge in [0.1, 0.15) is 0 Å². The minimum Gasteiger partial charge on any atom is -0.353 e. The normalized spacial score (nSPS) is 20.8. The van der Waals surface area contributed by atoms with E-state index in [4.69, 9.17) is 5.73 Å². The van der Waals surface area contributed by atoms with E-state index in [2.05, 4.69) is 17.1 Å². The molecule has 13 heavy (non-hydrogen) atoms. The highest BCUT2D eigenvalue weighted by atomic mass is 16.2. The van der Waals surface area contributed by atoms with Gasteiger partial charge in [0.05, 0.1) is 6.54 Å². The fourth-order valence-electron chi connectivity index (χ4n) is 1.36. The first kappa shape index (κ1) is 10.5. The lowest BCUT2D eigenvalue weighted by Gasteiger charge is -2.36. The number of hydrogen-bond acceptors (Lipinski definition) is 3. The fourth-order valence-corrected chi connectivity index (χ4v) is 1.36. The van der Waals surface area contributed by atoms with Crippen molar-refractivity contribution in [3.05, 3.63) is 0 Å². The van der Waals surface area contributed by atoms with Crippen molar-refractivity contribution in [2.45, 2.75) is 32.4 Å². The smallest absolute Gasteiger partial charge is 0.234 e. The molecule has 1 heterocycles. The van der Waals surface area contributed by atoms with Crippen LogP contribution in [-0.4, -0.2) is 42.5 Å². The lowest BCUT2D eigenvalue weighted by molar-refractivity contribution is -0.123. The Kier molecular flexibility index (Phi) is 3.69. The third-order valence-electron chi connectivity index (χ3n) is 2.37. The van der Waals surface area contributed by atoms with E-state index in [0.717, 1.165) is 19.5 Å². The minimum absolute atomic E-state index is 0.112. The van der Waals surface area contributed by atoms with Gasteiger partial charge in [-0.3, -0.25) is 9.69 Å². The second-order valence-corrected chi connectivity index (χ2v) is 3.83. The molecule has 3 N–H and O–H groups in total. The van der Waals surface area contributed by atoms with E-state index < -0.39 is 0 Å². The number of nitrogens with zero attached hydrogens (tertiary/aromatic N) is 1. The van der Waals surface area contributed by atoms with Crippen LogP contribution < -0.4 is 11.1 Å². The maximum Gasteiger partial charge on any atom is 0.234 e. The number of nitrogens with one attached hydrogen (secondary N) is 1. The maximum atomic E-state index is 11.3. The summed E-state index contributed by atoms with van der Waals surface area (Å²) in [4.78, 5) is 13.4. The van der Waals surface area contributed by atoms with Gasteiger partial charge in [-0.05, 0) is 13.3 Å². The second kappa shape index (κ2) is 4.58. The van der Waals surface area contributed by atoms with Crippen LogP contribution in [0.5, 0.6) is 0 Å². The highest BCUT2D eigenvalue weighted by Gasteiger charge is 2.24. The number of carbonyl (C=O) groups excluding carboxylic acids is 1. The number of carbonyl (C=O) groups is 1. The Labute approximate surface area is 79.5 Å². The zero-order chi connectivity index (χ0) is 9.84. The molecule has 4 heteroatoms. The van der Waals surface area contributed by atoms with Crippen molar-refractivity contribution in [1.29, 1.82) is 0 Å². The standard InChI is InChI=1S/C9H19N3O/c1-3-7(2)11-9(13)6-12-4-8(10)5-12/h7-8H,3-6,10H2,1-2H3,(H,11,13). The van der Waals surface area contributed by atoms with Gasteiger partial charge in [-0.15, -0.1) is 0 Å². The molecule has 0 radical (unpaired) electrons. The quantitative estimate of drug-likeness (QED) is 0.623. The van der Waals surface area contributed by atoms with Crippen molar-refractivity contribution in [1.82, 2.24) is 10.2 Å². The van der Waals surface area contributed by atoms with E-state index in [9.17, 15) is 4.79 Å². The van der Waals surface area contributed by atoms with Gasteiger partial charge in [0, 0.05) is 25.2 Å². The van der Waals surface area contributed by atoms with Crippen molar-refractivity contribution in [2.75, 3.05) is 19.6 Å². The van der Waals surface area contributed by atoms with Crippen LogP contribution in [0.15, 0.2) is 0 Å². The molecule has 1 fully saturated rings. The topological polar surface area (TPSA) is 58.4 Å². The van der Waals surface area contributed by atoms with Gasteiger partial charge >= 0.3 is 0 Å². The minimum atomic E-state index is 0.112. The van der Waals surface area contributed by atoms with Crippen molar-refractivity contribution in [3.8, 4) is 0 Å². The molecule has 76 valence electrons. The number of rotatable bonds is 4. The molecule has 0 spiro atoms. The zero-order valence-electron chi connectivity index (χ0n) is 8.42. The predicted octanol–water partition coefficient (Wildman–Crippen LogP) is -0.456. The highest BCUT2D eigenvalue weighted by molar-refractivity contribution is 5.78. The molecule has 1 aliphatic rings. The fraction of sp³-hybridized carbons (Fsp3) is 0.889. The van der Waals surface area contributed by atoms with E-state index in [1.807, 2.05) is 6.92 Å². The first-order valence-corrected chi connectivity index (χ1v) is 4.89. The average molecular weight is 185 g/mol. The molecule has 1 atom stereocenters. The molecule has 1 unspecified atom stereocenters. The van der Waals surface area contributed by atoms with Crippen LogP contribution in [0.4, 0.5) is 0 Å². The van der Waals surface area contributed by atoms with Crippen LogP contribution >= 0.6 is 0 Å². The van der Waals surface area contributed by atoms with Crippen molar-refractivity contribution < 1.29 is 4.79 Å². The Morgan fingerprint density at radius 1 is 1.69 bits per heavy atom. The van der Waals surface area contributed by atoms with Gasteiger partial charge in [-0.1, -0.05) is 6.92 Å². The first-order chi connectivity index (χ1) is 6.11. The summed E-state index contributed by atoms with van der Waals surface area (Å²) < 4.78 is 0. The summed E-state index contributed by atoms with van der Waals surface area (Å²) in [5, 5.41) is 2.92. The van der Waals surface area contributed by atoms with E-state index in [1.165, 1.54) is 0 Å². The lowest BCUT2D eigenvalue weighted by atomic mass is 10.1. The van der Waals surface area contributed by atoms with E-state index in [1.54, 1.807) is 0 Å². The SMILES string of the molecule is CCC(C)NC(=O)CN1CC(N)C1. The summed E-state index contributed by atoms with van der Waals surface area (Å²) in [6.07, 6.45) is 0.977. The number of likely N-dealkylation sites (tertiary alicyclic amines) is 1. The van der Waals surface area contributed by atoms with Crippen LogP contribution in [0.2, 0.25) is 0 Å². The predicted molar refractivity (Wildman–Crippen MR) is 52.3 cm³/mol. The van der Waals surface area contributed by atoms with Crippen molar-refractivity contribution in [2.24, 2.45) is 5.73 Å². The summed E-state index contributed by atoms with van der Waals surface area (Å²) in [7, 11) is 0. The Bertz CT molecular complexity index is 178. The third-order valence-corrected chi connectivity index (χ3v) is 2.37. The van der Waals surface area contributed by atoms with Crippen molar-refractivity contribution in [3.63, 3.8) is 0 Å². The van der Waals surface area contributed by atoms with Gasteiger partial charge < -0.3 is 11.1 Å². The maximum absolute atomic E-state index is 11.3. The molecule has 1 amide bonds. The Morgan fingerprint density at radius 3 is 2.77 bits per heavy atom. The molecule has 0 bridgehead atoms. The number of amides is 1. The van der Waals surface area contributed by atoms with E-state index >= 15 is 0 Å². The van der Waals surface area contributed by atoms with E-state index in [-0.39, 0.29) is 18.0 Å². The first-order valence-electron chi connectivity index (χ1n) is 4.89. The second-order valence-electron chi connectivity index (χ2n) is 3.83. The largest absolute Gasteiger partial charge is 0.353 e. The molecule has 0 aromatic rings. The summed E-state index contributed by atoms with van der Waals surface area (Å²) >= 11 is 0.